The fourth-order valence-electron chi connectivity index (χ4n) is 6.04. The van der Waals surface area contributed by atoms with Gasteiger partial charge < -0.3 is 15.0 Å². The van der Waals surface area contributed by atoms with Gasteiger partial charge in [-0.25, -0.2) is 0 Å². The highest BCUT2D eigenvalue weighted by Crippen LogP contribution is 2.41. The lowest BCUT2D eigenvalue weighted by Gasteiger charge is -2.43. The van der Waals surface area contributed by atoms with Crippen molar-refractivity contribution in [3.05, 3.63) is 35.9 Å². The number of carbonyl (C=O) groups is 2. The van der Waals surface area contributed by atoms with E-state index in [4.69, 9.17) is 4.74 Å². The summed E-state index contributed by atoms with van der Waals surface area (Å²) >= 11 is 0. The van der Waals surface area contributed by atoms with E-state index in [1.807, 2.05) is 23.1 Å². The number of carbonyl (C=O) groups excluding carboxylic acids is 2. The molecule has 0 atom stereocenters. The standard InChI is InChI=1S/C26H39N3O3/c1-21(30)28-16-9-23(10-17-28)29(24-11-19-32-20-12-24)18-15-27-25(31)26(13-5-6-14-26)22-7-3-2-4-8-22/h2-4,7-8,23-24H,5-6,9-20H2,1H3,(H,27,31). The molecule has 0 aromatic heterocycles. The van der Waals surface area contributed by atoms with E-state index in [1.54, 1.807) is 6.92 Å². The third-order valence-electron chi connectivity index (χ3n) is 7.91. The molecule has 0 unspecified atom stereocenters. The Morgan fingerprint density at radius 3 is 2.28 bits per heavy atom. The molecule has 2 aliphatic heterocycles. The van der Waals surface area contributed by atoms with Crippen LogP contribution in [0.4, 0.5) is 0 Å². The van der Waals surface area contributed by atoms with Crippen LogP contribution in [0.25, 0.3) is 0 Å². The maximum absolute atomic E-state index is 13.4. The molecule has 3 fully saturated rings. The van der Waals surface area contributed by atoms with Crippen molar-refractivity contribution in [1.29, 1.82) is 0 Å². The molecule has 1 aliphatic carbocycles. The Labute approximate surface area is 192 Å². The molecule has 0 radical (unpaired) electrons. The van der Waals surface area contributed by atoms with Gasteiger partial charge in [-0.15, -0.1) is 0 Å². The van der Waals surface area contributed by atoms with E-state index >= 15 is 0 Å². The molecule has 1 N–H and O–H groups in total. The fourth-order valence-corrected chi connectivity index (χ4v) is 6.04. The van der Waals surface area contributed by atoms with E-state index in [0.717, 1.165) is 89.8 Å². The van der Waals surface area contributed by atoms with E-state index in [0.29, 0.717) is 18.6 Å². The zero-order valence-electron chi connectivity index (χ0n) is 19.6. The molecular weight excluding hydrogens is 402 g/mol. The smallest absolute Gasteiger partial charge is 0.230 e. The van der Waals surface area contributed by atoms with Crippen LogP contribution in [0.1, 0.15) is 63.9 Å². The first-order valence-electron chi connectivity index (χ1n) is 12.5. The zero-order valence-corrected chi connectivity index (χ0v) is 19.6. The van der Waals surface area contributed by atoms with Gasteiger partial charge in [0.15, 0.2) is 0 Å². The van der Waals surface area contributed by atoms with Crippen LogP contribution in [0, 0.1) is 0 Å². The predicted molar refractivity (Wildman–Crippen MR) is 125 cm³/mol. The Kier molecular flexibility index (Phi) is 7.84. The Hall–Kier alpha value is -1.92. The van der Waals surface area contributed by atoms with Crippen LogP contribution in [-0.4, -0.2) is 73.1 Å². The van der Waals surface area contributed by atoms with Gasteiger partial charge >= 0.3 is 0 Å². The van der Waals surface area contributed by atoms with Gasteiger partial charge in [-0.05, 0) is 44.1 Å². The van der Waals surface area contributed by atoms with Crippen molar-refractivity contribution >= 4 is 11.8 Å². The van der Waals surface area contributed by atoms with Crippen molar-refractivity contribution in [2.45, 2.75) is 75.8 Å². The third kappa shape index (κ3) is 5.18. The average molecular weight is 442 g/mol. The van der Waals surface area contributed by atoms with E-state index in [-0.39, 0.29) is 17.2 Å². The van der Waals surface area contributed by atoms with Gasteiger partial charge in [0, 0.05) is 58.4 Å². The van der Waals surface area contributed by atoms with Gasteiger partial charge in [-0.2, -0.15) is 0 Å². The molecule has 6 nitrogen and oxygen atoms in total. The molecule has 4 rings (SSSR count). The maximum Gasteiger partial charge on any atom is 0.230 e. The summed E-state index contributed by atoms with van der Waals surface area (Å²) in [6.45, 7) is 6.52. The minimum atomic E-state index is -0.363. The van der Waals surface area contributed by atoms with E-state index < -0.39 is 0 Å². The monoisotopic (exact) mass is 441 g/mol. The summed E-state index contributed by atoms with van der Waals surface area (Å²) < 4.78 is 5.61. The zero-order chi connectivity index (χ0) is 22.4. The lowest BCUT2D eigenvalue weighted by atomic mass is 9.78. The Bertz CT molecular complexity index is 749. The number of piperidine rings is 1. The minimum absolute atomic E-state index is 0.177. The van der Waals surface area contributed by atoms with Gasteiger partial charge in [0.1, 0.15) is 0 Å². The Morgan fingerprint density at radius 2 is 1.66 bits per heavy atom. The molecule has 6 heteroatoms. The van der Waals surface area contributed by atoms with Crippen molar-refractivity contribution in [3.8, 4) is 0 Å². The van der Waals surface area contributed by atoms with E-state index in [9.17, 15) is 9.59 Å². The highest BCUT2D eigenvalue weighted by Gasteiger charge is 2.42. The van der Waals surface area contributed by atoms with E-state index in [2.05, 4.69) is 22.3 Å². The van der Waals surface area contributed by atoms with Crippen molar-refractivity contribution in [1.82, 2.24) is 15.1 Å². The lowest BCUT2D eigenvalue weighted by Crippen LogP contribution is -2.53. The first-order valence-corrected chi connectivity index (χ1v) is 12.5. The number of amides is 2. The number of hydrogen-bond acceptors (Lipinski definition) is 4. The summed E-state index contributed by atoms with van der Waals surface area (Å²) in [5, 5.41) is 3.32. The van der Waals surface area contributed by atoms with Gasteiger partial charge in [-0.3, -0.25) is 14.5 Å². The average Bonchev–Trinajstić information content (AvgIpc) is 3.34. The topological polar surface area (TPSA) is 61.9 Å². The molecular formula is C26H39N3O3. The van der Waals surface area contributed by atoms with Crippen molar-refractivity contribution in [2.75, 3.05) is 39.4 Å². The summed E-state index contributed by atoms with van der Waals surface area (Å²) in [6, 6.07) is 11.3. The second-order valence-corrected chi connectivity index (χ2v) is 9.73. The number of ether oxygens (including phenoxy) is 1. The molecule has 32 heavy (non-hydrogen) atoms. The summed E-state index contributed by atoms with van der Waals surface area (Å²) in [5.74, 6) is 0.371. The molecule has 2 saturated heterocycles. The van der Waals surface area contributed by atoms with Crippen molar-refractivity contribution in [2.24, 2.45) is 0 Å². The number of likely N-dealkylation sites (tertiary alicyclic amines) is 1. The lowest BCUT2D eigenvalue weighted by molar-refractivity contribution is -0.131. The largest absolute Gasteiger partial charge is 0.381 e. The molecule has 0 spiro atoms. The Morgan fingerprint density at radius 1 is 1.03 bits per heavy atom. The van der Waals surface area contributed by atoms with Crippen LogP contribution in [-0.2, 0) is 19.7 Å². The van der Waals surface area contributed by atoms with Gasteiger partial charge in [0.05, 0.1) is 5.41 Å². The normalized spacial score (nSPS) is 22.2. The minimum Gasteiger partial charge on any atom is -0.381 e. The summed E-state index contributed by atoms with van der Waals surface area (Å²) in [4.78, 5) is 29.7. The number of nitrogens with zero attached hydrogens (tertiary/aromatic N) is 2. The van der Waals surface area contributed by atoms with Crippen LogP contribution in [0.15, 0.2) is 30.3 Å². The summed E-state index contributed by atoms with van der Waals surface area (Å²) in [7, 11) is 0. The second kappa shape index (κ2) is 10.8. The maximum atomic E-state index is 13.4. The first kappa shape index (κ1) is 23.2. The fraction of sp³-hybridized carbons (Fsp3) is 0.692. The molecule has 0 bridgehead atoms. The predicted octanol–water partition coefficient (Wildman–Crippen LogP) is 3.11. The van der Waals surface area contributed by atoms with Crippen LogP contribution < -0.4 is 5.32 Å². The van der Waals surface area contributed by atoms with Crippen LogP contribution >= 0.6 is 0 Å². The molecule has 2 amide bonds. The Balaban J connectivity index is 1.38. The molecule has 1 saturated carbocycles. The number of nitrogens with one attached hydrogen (secondary N) is 1. The van der Waals surface area contributed by atoms with Crippen molar-refractivity contribution in [3.63, 3.8) is 0 Å². The van der Waals surface area contributed by atoms with Gasteiger partial charge in [-0.1, -0.05) is 43.2 Å². The van der Waals surface area contributed by atoms with Crippen LogP contribution in [0.2, 0.25) is 0 Å². The first-order chi connectivity index (χ1) is 15.6. The van der Waals surface area contributed by atoms with Crippen LogP contribution in [0.5, 0.6) is 0 Å². The highest BCUT2D eigenvalue weighted by atomic mass is 16.5. The SMILES string of the molecule is CC(=O)N1CCC(N(CCNC(=O)C2(c3ccccc3)CCCC2)C2CCOCC2)CC1. The summed E-state index contributed by atoms with van der Waals surface area (Å²) in [5.41, 5.74) is 0.797. The quantitative estimate of drug-likeness (QED) is 0.706. The van der Waals surface area contributed by atoms with Crippen molar-refractivity contribution < 1.29 is 14.3 Å². The highest BCUT2D eigenvalue weighted by molar-refractivity contribution is 5.88. The van der Waals surface area contributed by atoms with Crippen LogP contribution in [0.3, 0.4) is 0 Å². The molecule has 1 aromatic carbocycles. The summed E-state index contributed by atoms with van der Waals surface area (Å²) in [6.07, 6.45) is 8.24. The second-order valence-electron chi connectivity index (χ2n) is 9.73. The number of rotatable bonds is 7. The van der Waals surface area contributed by atoms with Gasteiger partial charge in [0.2, 0.25) is 11.8 Å². The molecule has 3 aliphatic rings. The number of benzene rings is 1. The van der Waals surface area contributed by atoms with Gasteiger partial charge in [0.25, 0.3) is 0 Å². The molecule has 2 heterocycles. The third-order valence-corrected chi connectivity index (χ3v) is 7.91. The van der Waals surface area contributed by atoms with E-state index in [1.165, 1.54) is 0 Å². The molecule has 176 valence electrons. The number of hydrogen-bond donors (Lipinski definition) is 1. The molecule has 1 aromatic rings.